The summed E-state index contributed by atoms with van der Waals surface area (Å²) in [7, 11) is 0. The summed E-state index contributed by atoms with van der Waals surface area (Å²) in [6.45, 7) is 6.23. The van der Waals surface area contributed by atoms with Gasteiger partial charge in [0.2, 0.25) is 0 Å². The number of amides is 3. The van der Waals surface area contributed by atoms with Crippen LogP contribution >= 0.6 is 0 Å². The highest BCUT2D eigenvalue weighted by atomic mass is 16.2. The SMILES string of the molecule is CCCCCNC(=O)C(=O)Nc1ccccc1C(=O)NC(C)C. The first-order valence-electron chi connectivity index (χ1n) is 7.94. The Balaban J connectivity index is 2.67. The van der Waals surface area contributed by atoms with Crippen LogP contribution in [0.4, 0.5) is 5.69 Å². The van der Waals surface area contributed by atoms with Crippen LogP contribution < -0.4 is 16.0 Å². The number of carbonyl (C=O) groups excluding carboxylic acids is 3. The predicted molar refractivity (Wildman–Crippen MR) is 90.2 cm³/mol. The van der Waals surface area contributed by atoms with Crippen molar-refractivity contribution < 1.29 is 14.4 Å². The molecule has 0 spiro atoms. The van der Waals surface area contributed by atoms with Gasteiger partial charge in [-0.15, -0.1) is 0 Å². The highest BCUT2D eigenvalue weighted by molar-refractivity contribution is 6.40. The van der Waals surface area contributed by atoms with Crippen molar-refractivity contribution in [1.29, 1.82) is 0 Å². The smallest absolute Gasteiger partial charge is 0.313 e. The zero-order chi connectivity index (χ0) is 17.2. The summed E-state index contributed by atoms with van der Waals surface area (Å²) in [5.74, 6) is -1.76. The molecule has 0 aromatic heterocycles. The van der Waals surface area contributed by atoms with Gasteiger partial charge in [0.25, 0.3) is 5.91 Å². The van der Waals surface area contributed by atoms with Crippen LogP contribution in [0.2, 0.25) is 0 Å². The molecule has 0 heterocycles. The van der Waals surface area contributed by atoms with Crippen LogP contribution in [0.3, 0.4) is 0 Å². The summed E-state index contributed by atoms with van der Waals surface area (Å²) < 4.78 is 0. The van der Waals surface area contributed by atoms with E-state index >= 15 is 0 Å². The molecule has 6 heteroatoms. The van der Waals surface area contributed by atoms with Crippen molar-refractivity contribution in [3.8, 4) is 0 Å². The van der Waals surface area contributed by atoms with Gasteiger partial charge in [0.05, 0.1) is 11.3 Å². The lowest BCUT2D eigenvalue weighted by atomic mass is 10.1. The average molecular weight is 319 g/mol. The quantitative estimate of drug-likeness (QED) is 0.531. The van der Waals surface area contributed by atoms with Crippen molar-refractivity contribution in [2.75, 3.05) is 11.9 Å². The zero-order valence-corrected chi connectivity index (χ0v) is 13.9. The third-order valence-corrected chi connectivity index (χ3v) is 3.11. The maximum Gasteiger partial charge on any atom is 0.313 e. The number of hydrogen-bond acceptors (Lipinski definition) is 3. The van der Waals surface area contributed by atoms with E-state index in [-0.39, 0.29) is 11.9 Å². The minimum Gasteiger partial charge on any atom is -0.350 e. The lowest BCUT2D eigenvalue weighted by Gasteiger charge is -2.13. The molecule has 6 nitrogen and oxygen atoms in total. The summed E-state index contributed by atoms with van der Waals surface area (Å²) in [6.07, 6.45) is 2.88. The second-order valence-electron chi connectivity index (χ2n) is 5.59. The second kappa shape index (κ2) is 9.61. The maximum atomic E-state index is 12.1. The monoisotopic (exact) mass is 319 g/mol. The highest BCUT2D eigenvalue weighted by Crippen LogP contribution is 2.15. The molecule has 0 unspecified atom stereocenters. The normalized spacial score (nSPS) is 10.3. The fraction of sp³-hybridized carbons (Fsp3) is 0.471. The Labute approximate surface area is 137 Å². The molecular weight excluding hydrogens is 294 g/mol. The molecule has 1 aromatic carbocycles. The minimum absolute atomic E-state index is 0.0203. The Bertz CT molecular complexity index is 556. The lowest BCUT2D eigenvalue weighted by molar-refractivity contribution is -0.136. The van der Waals surface area contributed by atoms with Gasteiger partial charge in [-0.2, -0.15) is 0 Å². The third kappa shape index (κ3) is 6.50. The van der Waals surface area contributed by atoms with Gasteiger partial charge in [0, 0.05) is 12.6 Å². The molecule has 1 aromatic rings. The van der Waals surface area contributed by atoms with E-state index in [9.17, 15) is 14.4 Å². The van der Waals surface area contributed by atoms with Crippen molar-refractivity contribution >= 4 is 23.4 Å². The van der Waals surface area contributed by atoms with Crippen LogP contribution in [0.25, 0.3) is 0 Å². The topological polar surface area (TPSA) is 87.3 Å². The predicted octanol–water partition coefficient (Wildman–Crippen LogP) is 2.07. The van der Waals surface area contributed by atoms with Gasteiger partial charge in [-0.25, -0.2) is 0 Å². The number of para-hydroxylation sites is 1. The van der Waals surface area contributed by atoms with Crippen LogP contribution in [0.1, 0.15) is 50.4 Å². The Morgan fingerprint density at radius 2 is 1.74 bits per heavy atom. The van der Waals surface area contributed by atoms with Gasteiger partial charge in [-0.3, -0.25) is 14.4 Å². The first kappa shape index (κ1) is 18.7. The molecule has 0 aliphatic heterocycles. The molecule has 23 heavy (non-hydrogen) atoms. The molecule has 0 aliphatic rings. The number of anilines is 1. The Hall–Kier alpha value is -2.37. The van der Waals surface area contributed by atoms with Gasteiger partial charge in [-0.05, 0) is 32.4 Å². The summed E-state index contributed by atoms with van der Waals surface area (Å²) in [4.78, 5) is 35.8. The van der Waals surface area contributed by atoms with E-state index in [0.717, 1.165) is 19.3 Å². The van der Waals surface area contributed by atoms with Gasteiger partial charge in [-0.1, -0.05) is 31.9 Å². The van der Waals surface area contributed by atoms with E-state index in [0.29, 0.717) is 17.8 Å². The van der Waals surface area contributed by atoms with Crippen molar-refractivity contribution in [1.82, 2.24) is 10.6 Å². The van der Waals surface area contributed by atoms with E-state index in [1.54, 1.807) is 24.3 Å². The van der Waals surface area contributed by atoms with E-state index in [1.807, 2.05) is 13.8 Å². The molecular formula is C17H25N3O3. The van der Waals surface area contributed by atoms with Gasteiger partial charge < -0.3 is 16.0 Å². The number of rotatable bonds is 7. The van der Waals surface area contributed by atoms with E-state index in [4.69, 9.17) is 0 Å². The van der Waals surface area contributed by atoms with Crippen LogP contribution in [0.15, 0.2) is 24.3 Å². The summed E-state index contributed by atoms with van der Waals surface area (Å²) >= 11 is 0. The first-order chi connectivity index (χ1) is 11.0. The molecule has 0 aliphatic carbocycles. The van der Waals surface area contributed by atoms with Crippen molar-refractivity contribution in [2.45, 2.75) is 46.1 Å². The van der Waals surface area contributed by atoms with Crippen LogP contribution in [-0.2, 0) is 9.59 Å². The van der Waals surface area contributed by atoms with E-state index in [1.165, 1.54) is 0 Å². The number of nitrogens with one attached hydrogen (secondary N) is 3. The molecule has 0 fully saturated rings. The van der Waals surface area contributed by atoms with Crippen LogP contribution in [-0.4, -0.2) is 30.3 Å². The fourth-order valence-corrected chi connectivity index (χ4v) is 1.97. The second-order valence-corrected chi connectivity index (χ2v) is 5.59. The Morgan fingerprint density at radius 3 is 2.39 bits per heavy atom. The van der Waals surface area contributed by atoms with Crippen LogP contribution in [0, 0.1) is 0 Å². The lowest BCUT2D eigenvalue weighted by Crippen LogP contribution is -2.37. The third-order valence-electron chi connectivity index (χ3n) is 3.11. The molecule has 0 radical (unpaired) electrons. The van der Waals surface area contributed by atoms with Crippen LogP contribution in [0.5, 0.6) is 0 Å². The van der Waals surface area contributed by atoms with E-state index < -0.39 is 11.8 Å². The summed E-state index contributed by atoms with van der Waals surface area (Å²) in [5.41, 5.74) is 0.646. The van der Waals surface area contributed by atoms with E-state index in [2.05, 4.69) is 22.9 Å². The maximum absolute atomic E-state index is 12.1. The standard InChI is InChI=1S/C17H25N3O3/c1-4-5-8-11-18-16(22)17(23)20-14-10-7-6-9-13(14)15(21)19-12(2)3/h6-7,9-10,12H,4-5,8,11H2,1-3H3,(H,18,22)(H,19,21)(H,20,23). The highest BCUT2D eigenvalue weighted by Gasteiger charge is 2.17. The molecule has 0 saturated carbocycles. The average Bonchev–Trinajstić information content (AvgIpc) is 2.51. The van der Waals surface area contributed by atoms with Gasteiger partial charge in [0.1, 0.15) is 0 Å². The molecule has 0 bridgehead atoms. The van der Waals surface area contributed by atoms with Crippen molar-refractivity contribution in [3.05, 3.63) is 29.8 Å². The number of hydrogen-bond donors (Lipinski definition) is 3. The molecule has 1 rings (SSSR count). The zero-order valence-electron chi connectivity index (χ0n) is 13.9. The Kier molecular flexibility index (Phi) is 7.80. The molecule has 3 N–H and O–H groups in total. The summed E-state index contributed by atoms with van der Waals surface area (Å²) in [5, 5.41) is 7.82. The van der Waals surface area contributed by atoms with Gasteiger partial charge >= 0.3 is 11.8 Å². The largest absolute Gasteiger partial charge is 0.350 e. The van der Waals surface area contributed by atoms with Gasteiger partial charge in [0.15, 0.2) is 0 Å². The number of unbranched alkanes of at least 4 members (excludes halogenated alkanes) is 2. The number of carbonyl (C=O) groups is 3. The molecule has 126 valence electrons. The Morgan fingerprint density at radius 1 is 1.04 bits per heavy atom. The minimum atomic E-state index is -0.772. The van der Waals surface area contributed by atoms with Crippen molar-refractivity contribution in [3.63, 3.8) is 0 Å². The molecule has 3 amide bonds. The summed E-state index contributed by atoms with van der Waals surface area (Å²) in [6, 6.07) is 6.58. The number of benzene rings is 1. The molecule has 0 atom stereocenters. The van der Waals surface area contributed by atoms with Crippen molar-refractivity contribution in [2.24, 2.45) is 0 Å². The fourth-order valence-electron chi connectivity index (χ4n) is 1.97. The first-order valence-corrected chi connectivity index (χ1v) is 7.94. The molecule has 0 saturated heterocycles.